The van der Waals surface area contributed by atoms with Crippen molar-refractivity contribution in [1.82, 2.24) is 10.2 Å². The average molecular weight is 368 g/mol. The van der Waals surface area contributed by atoms with E-state index in [1.54, 1.807) is 6.07 Å². The van der Waals surface area contributed by atoms with Crippen LogP contribution in [0.2, 0.25) is 0 Å². The number of thioether (sulfide) groups is 1. The molecule has 0 saturated heterocycles. The highest BCUT2D eigenvalue weighted by atomic mass is 79.9. The van der Waals surface area contributed by atoms with Gasteiger partial charge in [0.15, 0.2) is 0 Å². The average Bonchev–Trinajstić information content (AvgIpc) is 2.92. The molecule has 21 heavy (non-hydrogen) atoms. The van der Waals surface area contributed by atoms with Crippen LogP contribution in [-0.4, -0.2) is 10.2 Å². The van der Waals surface area contributed by atoms with E-state index in [2.05, 4.69) is 26.1 Å². The summed E-state index contributed by atoms with van der Waals surface area (Å²) in [5, 5.41) is 8.97. The van der Waals surface area contributed by atoms with E-state index in [4.69, 9.17) is 14.6 Å². The molecule has 0 fully saturated rings. The molecule has 0 spiro atoms. The Kier molecular flexibility index (Phi) is 4.09. The summed E-state index contributed by atoms with van der Waals surface area (Å²) in [5.41, 5.74) is 6.43. The Bertz CT molecular complexity index is 846. The fourth-order valence-corrected chi connectivity index (χ4v) is 2.95. The fourth-order valence-electron chi connectivity index (χ4n) is 1.84. The molecule has 1 aromatic carbocycles. The molecule has 0 aliphatic heterocycles. The SMILES string of the molecule is NCc1nnc(SCc2cc(=O)oc3cc(Br)ccc23)o1. The standard InChI is InChI=1S/C13H10BrN3O3S/c14-8-1-2-9-7(3-12(18)19-10(9)4-8)6-21-13-17-16-11(5-15)20-13/h1-4H,5-6,15H2. The minimum Gasteiger partial charge on any atom is -0.423 e. The predicted octanol–water partition coefficient (Wildman–Crippen LogP) is 2.69. The number of nitrogens with zero attached hydrogens (tertiary/aromatic N) is 2. The zero-order chi connectivity index (χ0) is 14.8. The monoisotopic (exact) mass is 367 g/mol. The van der Waals surface area contributed by atoms with Gasteiger partial charge in [0.1, 0.15) is 5.58 Å². The third-order valence-electron chi connectivity index (χ3n) is 2.77. The molecule has 0 aliphatic rings. The number of benzene rings is 1. The summed E-state index contributed by atoms with van der Waals surface area (Å²) >= 11 is 4.70. The van der Waals surface area contributed by atoms with E-state index in [1.807, 2.05) is 12.1 Å². The summed E-state index contributed by atoms with van der Waals surface area (Å²) in [7, 11) is 0. The van der Waals surface area contributed by atoms with E-state index in [-0.39, 0.29) is 12.2 Å². The van der Waals surface area contributed by atoms with Gasteiger partial charge in [0.2, 0.25) is 5.89 Å². The maximum Gasteiger partial charge on any atom is 0.336 e. The zero-order valence-electron chi connectivity index (χ0n) is 10.7. The molecule has 0 aliphatic carbocycles. The van der Waals surface area contributed by atoms with Crippen LogP contribution in [0, 0.1) is 0 Å². The minimum atomic E-state index is -0.385. The molecule has 0 saturated carbocycles. The first-order valence-corrected chi connectivity index (χ1v) is 7.81. The van der Waals surface area contributed by atoms with Crippen LogP contribution >= 0.6 is 27.7 Å². The molecule has 0 bridgehead atoms. The second kappa shape index (κ2) is 6.00. The van der Waals surface area contributed by atoms with Crippen LogP contribution in [0.3, 0.4) is 0 Å². The van der Waals surface area contributed by atoms with Gasteiger partial charge in [0.05, 0.1) is 6.54 Å². The van der Waals surface area contributed by atoms with E-state index in [0.29, 0.717) is 22.4 Å². The smallest absolute Gasteiger partial charge is 0.336 e. The molecule has 8 heteroatoms. The normalized spacial score (nSPS) is 11.1. The molecule has 108 valence electrons. The van der Waals surface area contributed by atoms with Gasteiger partial charge in [-0.15, -0.1) is 10.2 Å². The second-order valence-electron chi connectivity index (χ2n) is 4.19. The maximum atomic E-state index is 11.6. The number of nitrogens with two attached hydrogens (primary N) is 1. The second-order valence-corrected chi connectivity index (χ2v) is 6.03. The molecular weight excluding hydrogens is 358 g/mol. The van der Waals surface area contributed by atoms with Crippen LogP contribution in [0.5, 0.6) is 0 Å². The van der Waals surface area contributed by atoms with Crippen LogP contribution in [0.1, 0.15) is 11.5 Å². The highest BCUT2D eigenvalue weighted by Gasteiger charge is 2.10. The van der Waals surface area contributed by atoms with Gasteiger partial charge in [-0.3, -0.25) is 0 Å². The third kappa shape index (κ3) is 3.17. The summed E-state index contributed by atoms with van der Waals surface area (Å²) in [6, 6.07) is 7.04. The van der Waals surface area contributed by atoms with Crippen molar-refractivity contribution in [3.05, 3.63) is 50.6 Å². The van der Waals surface area contributed by atoms with Crippen LogP contribution in [0.15, 0.2) is 47.6 Å². The highest BCUT2D eigenvalue weighted by Crippen LogP contribution is 2.27. The van der Waals surface area contributed by atoms with Crippen molar-refractivity contribution in [2.75, 3.05) is 0 Å². The number of halogens is 1. The molecule has 0 atom stereocenters. The van der Waals surface area contributed by atoms with Crippen molar-refractivity contribution in [3.63, 3.8) is 0 Å². The first-order chi connectivity index (χ1) is 10.2. The molecule has 0 unspecified atom stereocenters. The quantitative estimate of drug-likeness (QED) is 0.559. The van der Waals surface area contributed by atoms with Gasteiger partial charge in [0, 0.05) is 21.7 Å². The summed E-state index contributed by atoms with van der Waals surface area (Å²) < 4.78 is 11.4. The summed E-state index contributed by atoms with van der Waals surface area (Å²) in [6.07, 6.45) is 0. The van der Waals surface area contributed by atoms with Crippen LogP contribution in [0.4, 0.5) is 0 Å². The number of fused-ring (bicyclic) bond motifs is 1. The van der Waals surface area contributed by atoms with E-state index in [9.17, 15) is 4.79 Å². The predicted molar refractivity (Wildman–Crippen MR) is 81.9 cm³/mol. The highest BCUT2D eigenvalue weighted by molar-refractivity contribution is 9.10. The van der Waals surface area contributed by atoms with E-state index in [0.717, 1.165) is 15.4 Å². The number of hydrogen-bond donors (Lipinski definition) is 1. The zero-order valence-corrected chi connectivity index (χ0v) is 13.1. The van der Waals surface area contributed by atoms with Gasteiger partial charge in [-0.1, -0.05) is 27.7 Å². The van der Waals surface area contributed by atoms with Gasteiger partial charge in [-0.25, -0.2) is 4.79 Å². The Morgan fingerprint density at radius 1 is 1.24 bits per heavy atom. The molecular formula is C13H10BrN3O3S. The topological polar surface area (TPSA) is 95.2 Å². The lowest BCUT2D eigenvalue weighted by Crippen LogP contribution is -1.99. The Balaban J connectivity index is 1.91. The van der Waals surface area contributed by atoms with Crippen molar-refractivity contribution in [3.8, 4) is 0 Å². The molecule has 0 amide bonds. The van der Waals surface area contributed by atoms with E-state index >= 15 is 0 Å². The van der Waals surface area contributed by atoms with Gasteiger partial charge >= 0.3 is 5.63 Å². The van der Waals surface area contributed by atoms with Crippen molar-refractivity contribution in [2.45, 2.75) is 17.5 Å². The van der Waals surface area contributed by atoms with Crippen molar-refractivity contribution < 1.29 is 8.83 Å². The molecule has 0 radical (unpaired) electrons. The lowest BCUT2D eigenvalue weighted by Gasteiger charge is -2.03. The van der Waals surface area contributed by atoms with Crippen LogP contribution in [-0.2, 0) is 12.3 Å². The van der Waals surface area contributed by atoms with E-state index in [1.165, 1.54) is 17.8 Å². The summed E-state index contributed by atoms with van der Waals surface area (Å²) in [4.78, 5) is 11.6. The minimum absolute atomic E-state index is 0.208. The Hall–Kier alpha value is -1.64. The van der Waals surface area contributed by atoms with Crippen LogP contribution in [0.25, 0.3) is 11.0 Å². The summed E-state index contributed by atoms with van der Waals surface area (Å²) in [6.45, 7) is 0.208. The first kappa shape index (κ1) is 14.3. The van der Waals surface area contributed by atoms with E-state index < -0.39 is 0 Å². The fraction of sp³-hybridized carbons (Fsp3) is 0.154. The van der Waals surface area contributed by atoms with Gasteiger partial charge in [-0.2, -0.15) is 0 Å². The Morgan fingerprint density at radius 2 is 2.10 bits per heavy atom. The molecule has 3 rings (SSSR count). The molecule has 2 heterocycles. The number of rotatable bonds is 4. The van der Waals surface area contributed by atoms with Crippen molar-refractivity contribution in [1.29, 1.82) is 0 Å². The van der Waals surface area contributed by atoms with Gasteiger partial charge in [-0.05, 0) is 23.8 Å². The molecule has 3 aromatic rings. The largest absolute Gasteiger partial charge is 0.423 e. The molecule has 2 aromatic heterocycles. The van der Waals surface area contributed by atoms with Gasteiger partial charge in [0.25, 0.3) is 5.22 Å². The first-order valence-electron chi connectivity index (χ1n) is 6.03. The lowest BCUT2D eigenvalue weighted by atomic mass is 10.1. The Morgan fingerprint density at radius 3 is 2.86 bits per heavy atom. The van der Waals surface area contributed by atoms with Crippen LogP contribution < -0.4 is 11.4 Å². The lowest BCUT2D eigenvalue weighted by molar-refractivity contribution is 0.415. The van der Waals surface area contributed by atoms with Crippen molar-refractivity contribution >= 4 is 38.7 Å². The number of aromatic nitrogens is 2. The summed E-state index contributed by atoms with van der Waals surface area (Å²) in [5.74, 6) is 0.912. The van der Waals surface area contributed by atoms with Gasteiger partial charge < -0.3 is 14.6 Å². The van der Waals surface area contributed by atoms with Crippen molar-refractivity contribution in [2.24, 2.45) is 5.73 Å². The molecule has 6 nitrogen and oxygen atoms in total. The third-order valence-corrected chi connectivity index (χ3v) is 4.13. The maximum absolute atomic E-state index is 11.6. The molecule has 2 N–H and O–H groups in total. The number of hydrogen-bond acceptors (Lipinski definition) is 7. The Labute approximate surface area is 131 Å².